The van der Waals surface area contributed by atoms with E-state index in [9.17, 15) is 9.90 Å². The van der Waals surface area contributed by atoms with Crippen molar-refractivity contribution in [3.63, 3.8) is 0 Å². The average molecular weight is 444 g/mol. The Morgan fingerprint density at radius 1 is 1.03 bits per heavy atom. The van der Waals surface area contributed by atoms with Crippen LogP contribution in [0.2, 0.25) is 0 Å². The third-order valence-corrected chi connectivity index (χ3v) is 7.81. The van der Waals surface area contributed by atoms with Crippen molar-refractivity contribution in [1.29, 1.82) is 0 Å². The lowest BCUT2D eigenvalue weighted by Crippen LogP contribution is -2.66. The quantitative estimate of drug-likeness (QED) is 0.651. The minimum absolute atomic E-state index is 0.199. The molecule has 3 aliphatic heterocycles. The number of nitrogens with zero attached hydrogens (tertiary/aromatic N) is 1. The van der Waals surface area contributed by atoms with E-state index in [1.807, 2.05) is 0 Å². The lowest BCUT2D eigenvalue weighted by molar-refractivity contribution is -0.184. The number of urea groups is 1. The monoisotopic (exact) mass is 443 g/mol. The number of carbonyl (C=O) groups is 1. The summed E-state index contributed by atoms with van der Waals surface area (Å²) in [5.74, 6) is 0.655. The second-order valence-corrected chi connectivity index (χ2v) is 10.0. The molecule has 2 amide bonds. The van der Waals surface area contributed by atoms with E-state index < -0.39 is 18.4 Å². The third kappa shape index (κ3) is 4.96. The van der Waals surface area contributed by atoms with Crippen molar-refractivity contribution in [3.05, 3.63) is 35.9 Å². The van der Waals surface area contributed by atoms with E-state index >= 15 is 0 Å². The van der Waals surface area contributed by atoms with Crippen molar-refractivity contribution in [2.45, 2.75) is 88.0 Å². The van der Waals surface area contributed by atoms with E-state index in [0.29, 0.717) is 12.5 Å². The van der Waals surface area contributed by atoms with Crippen LogP contribution in [0.1, 0.15) is 50.5 Å². The molecule has 0 unspecified atom stereocenters. The van der Waals surface area contributed by atoms with Gasteiger partial charge in [-0.1, -0.05) is 49.6 Å². The maximum Gasteiger partial charge on any atom is 0.315 e. The lowest BCUT2D eigenvalue weighted by atomic mass is 9.87. The fourth-order valence-corrected chi connectivity index (χ4v) is 6.00. The predicted molar refractivity (Wildman–Crippen MR) is 121 cm³/mol. The Labute approximate surface area is 190 Å². The Morgan fingerprint density at radius 3 is 2.53 bits per heavy atom. The first kappa shape index (κ1) is 22.1. The molecule has 1 saturated carbocycles. The van der Waals surface area contributed by atoms with Crippen LogP contribution in [0.3, 0.4) is 0 Å². The maximum atomic E-state index is 12.7. The van der Waals surface area contributed by atoms with Crippen molar-refractivity contribution in [2.75, 3.05) is 19.7 Å². The van der Waals surface area contributed by atoms with Gasteiger partial charge in [0.1, 0.15) is 6.10 Å². The minimum Gasteiger partial charge on any atom is -0.389 e. The molecule has 1 aliphatic carbocycles. The molecular formula is C25H37N3O4. The summed E-state index contributed by atoms with van der Waals surface area (Å²) in [4.78, 5) is 15.0. The molecule has 0 spiro atoms. The standard InChI is InChI=1S/C25H37N3O4/c29-23-21(27-25(30)26-19-9-5-2-6-10-19)20-16-31-24(32-20)22(23)28-13-11-18(12-14-28)15-17-7-3-1-4-8-17/h1,3-4,7-8,18-24,29H,2,5-6,9-16H2,(H2,26,27,30)/t20-,21-,22-,23+,24-/m1/s1. The molecule has 5 rings (SSSR count). The van der Waals surface area contributed by atoms with Gasteiger partial charge in [-0.15, -0.1) is 0 Å². The first-order valence-corrected chi connectivity index (χ1v) is 12.5. The normalized spacial score (nSPS) is 34.3. The molecule has 4 fully saturated rings. The Balaban J connectivity index is 1.17. The second kappa shape index (κ2) is 10.1. The Bertz CT molecular complexity index is 749. The van der Waals surface area contributed by atoms with Crippen LogP contribution < -0.4 is 10.6 Å². The number of nitrogens with one attached hydrogen (secondary N) is 2. The van der Waals surface area contributed by atoms with Crippen molar-refractivity contribution in [3.8, 4) is 0 Å². The molecule has 176 valence electrons. The number of piperidine rings is 1. The summed E-state index contributed by atoms with van der Waals surface area (Å²) in [6, 6.07) is 10.0. The summed E-state index contributed by atoms with van der Waals surface area (Å²) in [6.45, 7) is 2.24. The zero-order chi connectivity index (χ0) is 21.9. The van der Waals surface area contributed by atoms with Gasteiger partial charge in [0.15, 0.2) is 6.29 Å². The Kier molecular flexibility index (Phi) is 6.97. The van der Waals surface area contributed by atoms with Gasteiger partial charge in [-0.05, 0) is 56.7 Å². The Hall–Kier alpha value is -1.67. The van der Waals surface area contributed by atoms with Crippen molar-refractivity contribution < 1.29 is 19.4 Å². The molecule has 7 heteroatoms. The number of likely N-dealkylation sites (tertiary alicyclic amines) is 1. The van der Waals surface area contributed by atoms with Crippen LogP contribution >= 0.6 is 0 Å². The number of benzene rings is 1. The molecule has 32 heavy (non-hydrogen) atoms. The molecule has 0 aromatic heterocycles. The van der Waals surface area contributed by atoms with Gasteiger partial charge in [0.2, 0.25) is 0 Å². The van der Waals surface area contributed by atoms with Gasteiger partial charge in [0, 0.05) is 6.04 Å². The second-order valence-electron chi connectivity index (χ2n) is 10.0. The number of ether oxygens (including phenoxy) is 2. The van der Waals surface area contributed by atoms with Crippen molar-refractivity contribution in [1.82, 2.24) is 15.5 Å². The molecule has 5 atom stereocenters. The highest BCUT2D eigenvalue weighted by Gasteiger charge is 2.53. The first-order chi connectivity index (χ1) is 15.7. The van der Waals surface area contributed by atoms with E-state index in [-0.39, 0.29) is 24.2 Å². The number of hydrogen-bond donors (Lipinski definition) is 3. The molecular weight excluding hydrogens is 406 g/mol. The average Bonchev–Trinajstić information content (AvgIpc) is 3.24. The number of aliphatic hydroxyl groups excluding tert-OH is 1. The van der Waals surface area contributed by atoms with Crippen LogP contribution in [-0.4, -0.2) is 72.4 Å². The highest BCUT2D eigenvalue weighted by molar-refractivity contribution is 5.74. The van der Waals surface area contributed by atoms with Crippen LogP contribution in [0.5, 0.6) is 0 Å². The van der Waals surface area contributed by atoms with E-state index in [1.165, 1.54) is 24.8 Å². The van der Waals surface area contributed by atoms with Crippen molar-refractivity contribution in [2.24, 2.45) is 5.92 Å². The number of fused-ring (bicyclic) bond motifs is 2. The van der Waals surface area contributed by atoms with Gasteiger partial charge in [-0.3, -0.25) is 4.90 Å². The molecule has 7 nitrogen and oxygen atoms in total. The van der Waals surface area contributed by atoms with Gasteiger partial charge in [-0.25, -0.2) is 4.79 Å². The molecule has 3 N–H and O–H groups in total. The van der Waals surface area contributed by atoms with Crippen molar-refractivity contribution >= 4 is 6.03 Å². The zero-order valence-electron chi connectivity index (χ0n) is 18.8. The van der Waals surface area contributed by atoms with Gasteiger partial charge >= 0.3 is 6.03 Å². The third-order valence-electron chi connectivity index (χ3n) is 7.81. The molecule has 3 saturated heterocycles. The predicted octanol–water partition coefficient (Wildman–Crippen LogP) is 2.43. The molecule has 2 bridgehead atoms. The number of rotatable bonds is 5. The first-order valence-electron chi connectivity index (χ1n) is 12.5. The zero-order valence-corrected chi connectivity index (χ0v) is 18.8. The van der Waals surface area contributed by atoms with Gasteiger partial charge in [0.05, 0.1) is 24.8 Å². The lowest BCUT2D eigenvalue weighted by Gasteiger charge is -2.46. The fraction of sp³-hybridized carbons (Fsp3) is 0.720. The highest BCUT2D eigenvalue weighted by Crippen LogP contribution is 2.34. The maximum absolute atomic E-state index is 12.7. The summed E-state index contributed by atoms with van der Waals surface area (Å²) in [7, 11) is 0. The summed E-state index contributed by atoms with van der Waals surface area (Å²) < 4.78 is 12.0. The summed E-state index contributed by atoms with van der Waals surface area (Å²) in [5, 5.41) is 17.4. The fourth-order valence-electron chi connectivity index (χ4n) is 6.00. The summed E-state index contributed by atoms with van der Waals surface area (Å²) >= 11 is 0. The Morgan fingerprint density at radius 2 is 1.78 bits per heavy atom. The minimum atomic E-state index is -0.705. The van der Waals surface area contributed by atoms with Gasteiger partial charge in [0.25, 0.3) is 0 Å². The largest absolute Gasteiger partial charge is 0.389 e. The molecule has 1 aromatic rings. The van der Waals surface area contributed by atoms with E-state index in [4.69, 9.17) is 9.47 Å². The number of hydrogen-bond acceptors (Lipinski definition) is 5. The van der Waals surface area contributed by atoms with Crippen LogP contribution in [-0.2, 0) is 15.9 Å². The number of carbonyl (C=O) groups excluding carboxylic acids is 1. The van der Waals surface area contributed by atoms with Gasteiger partial charge < -0.3 is 25.2 Å². The van der Waals surface area contributed by atoms with E-state index in [1.54, 1.807) is 0 Å². The van der Waals surface area contributed by atoms with Crippen LogP contribution in [0.4, 0.5) is 4.79 Å². The highest BCUT2D eigenvalue weighted by atomic mass is 16.7. The molecule has 1 aromatic carbocycles. The smallest absolute Gasteiger partial charge is 0.315 e. The van der Waals surface area contributed by atoms with E-state index in [0.717, 1.165) is 45.2 Å². The molecule has 3 heterocycles. The topological polar surface area (TPSA) is 83.1 Å². The molecule has 4 aliphatic rings. The van der Waals surface area contributed by atoms with Gasteiger partial charge in [-0.2, -0.15) is 0 Å². The number of aliphatic hydroxyl groups is 1. The van der Waals surface area contributed by atoms with Crippen LogP contribution in [0, 0.1) is 5.92 Å². The SMILES string of the molecule is O=C(NC1CCCCC1)N[C@H]1[C@H](O)[C@@H](N2CCC(Cc3ccccc3)CC2)[C@@H]2OC[C@H]1O2. The van der Waals surface area contributed by atoms with Crippen LogP contribution in [0.25, 0.3) is 0 Å². The summed E-state index contributed by atoms with van der Waals surface area (Å²) in [5.41, 5.74) is 1.39. The summed E-state index contributed by atoms with van der Waals surface area (Å²) in [6.07, 6.45) is 7.52. The van der Waals surface area contributed by atoms with Crippen LogP contribution in [0.15, 0.2) is 30.3 Å². The number of amides is 2. The van der Waals surface area contributed by atoms with E-state index in [2.05, 4.69) is 45.9 Å². The molecule has 0 radical (unpaired) electrons.